The molecule has 0 radical (unpaired) electrons. The van der Waals surface area contributed by atoms with Gasteiger partial charge in [-0.15, -0.1) is 0 Å². The SMILES string of the molecule is CCC1CC1(CC)/C(C)=C/c1ccccc1C. The van der Waals surface area contributed by atoms with Crippen LogP contribution in [-0.2, 0) is 0 Å². The molecule has 0 nitrogen and oxygen atoms in total. The standard InChI is InChI=1S/C17H24/c1-5-16-12-17(16,6-2)14(4)11-15-10-8-7-9-13(15)3/h7-11,16H,5-6,12H2,1-4H3/b14-11+. The van der Waals surface area contributed by atoms with Crippen LogP contribution >= 0.6 is 0 Å². The summed E-state index contributed by atoms with van der Waals surface area (Å²) in [6.07, 6.45) is 6.43. The lowest BCUT2D eigenvalue weighted by molar-refractivity contribution is 0.509. The summed E-state index contributed by atoms with van der Waals surface area (Å²) in [7, 11) is 0. The largest absolute Gasteiger partial charge is 0.0662 e. The van der Waals surface area contributed by atoms with E-state index in [4.69, 9.17) is 0 Å². The molecule has 0 N–H and O–H groups in total. The van der Waals surface area contributed by atoms with Crippen molar-refractivity contribution in [3.05, 3.63) is 41.0 Å². The van der Waals surface area contributed by atoms with E-state index in [1.807, 2.05) is 0 Å². The second kappa shape index (κ2) is 4.68. The van der Waals surface area contributed by atoms with Gasteiger partial charge in [0.25, 0.3) is 0 Å². The molecule has 1 saturated carbocycles. The van der Waals surface area contributed by atoms with E-state index in [0.717, 1.165) is 5.92 Å². The fourth-order valence-corrected chi connectivity index (χ4v) is 3.24. The maximum absolute atomic E-state index is 2.41. The summed E-state index contributed by atoms with van der Waals surface area (Å²) in [5, 5.41) is 0. The summed E-state index contributed by atoms with van der Waals surface area (Å²) in [5.41, 5.74) is 4.88. The minimum Gasteiger partial charge on any atom is -0.0662 e. The second-order valence-electron chi connectivity index (χ2n) is 5.50. The first-order valence-corrected chi connectivity index (χ1v) is 6.88. The maximum atomic E-state index is 2.41. The van der Waals surface area contributed by atoms with Crippen LogP contribution in [0.15, 0.2) is 29.8 Å². The predicted octanol–water partition coefficient (Wildman–Crippen LogP) is 5.22. The van der Waals surface area contributed by atoms with Crippen LogP contribution in [-0.4, -0.2) is 0 Å². The molecule has 1 fully saturated rings. The van der Waals surface area contributed by atoms with Crippen molar-refractivity contribution in [3.8, 4) is 0 Å². The average molecular weight is 228 g/mol. The van der Waals surface area contributed by atoms with E-state index < -0.39 is 0 Å². The highest BCUT2D eigenvalue weighted by molar-refractivity contribution is 5.58. The third-order valence-corrected chi connectivity index (χ3v) is 4.70. The van der Waals surface area contributed by atoms with Crippen molar-refractivity contribution in [2.75, 3.05) is 0 Å². The molecule has 1 aromatic rings. The minimum absolute atomic E-state index is 0.525. The summed E-state index contributed by atoms with van der Waals surface area (Å²) in [4.78, 5) is 0. The van der Waals surface area contributed by atoms with Gasteiger partial charge in [-0.2, -0.15) is 0 Å². The summed E-state index contributed by atoms with van der Waals surface area (Å²) >= 11 is 0. The van der Waals surface area contributed by atoms with Gasteiger partial charge in [0.15, 0.2) is 0 Å². The van der Waals surface area contributed by atoms with Crippen molar-refractivity contribution < 1.29 is 0 Å². The van der Waals surface area contributed by atoms with Gasteiger partial charge in [0.05, 0.1) is 0 Å². The van der Waals surface area contributed by atoms with Gasteiger partial charge in [0.1, 0.15) is 0 Å². The molecule has 17 heavy (non-hydrogen) atoms. The van der Waals surface area contributed by atoms with Crippen LogP contribution in [0.25, 0.3) is 6.08 Å². The minimum atomic E-state index is 0.525. The third-order valence-electron chi connectivity index (χ3n) is 4.70. The predicted molar refractivity (Wildman–Crippen MR) is 76.0 cm³/mol. The molecule has 1 aliphatic rings. The lowest BCUT2D eigenvalue weighted by Crippen LogP contribution is -2.04. The number of allylic oxidation sites excluding steroid dienone is 1. The Balaban J connectivity index is 2.26. The van der Waals surface area contributed by atoms with Gasteiger partial charge in [0, 0.05) is 0 Å². The van der Waals surface area contributed by atoms with Gasteiger partial charge in [0.2, 0.25) is 0 Å². The summed E-state index contributed by atoms with van der Waals surface area (Å²) in [6.45, 7) is 9.18. The normalized spacial score (nSPS) is 28.2. The highest BCUT2D eigenvalue weighted by Gasteiger charge is 2.51. The van der Waals surface area contributed by atoms with E-state index in [2.05, 4.69) is 58.0 Å². The zero-order chi connectivity index (χ0) is 12.5. The molecule has 0 spiro atoms. The molecule has 92 valence electrons. The maximum Gasteiger partial charge on any atom is -0.00587 e. The molecule has 2 unspecified atom stereocenters. The zero-order valence-corrected chi connectivity index (χ0v) is 11.6. The Labute approximate surface area is 106 Å². The Morgan fingerprint density at radius 1 is 1.35 bits per heavy atom. The molecule has 0 bridgehead atoms. The number of hydrogen-bond donors (Lipinski definition) is 0. The van der Waals surface area contributed by atoms with Crippen molar-refractivity contribution in [2.45, 2.75) is 47.0 Å². The molecule has 1 aliphatic carbocycles. The molecule has 0 saturated heterocycles. The van der Waals surface area contributed by atoms with Gasteiger partial charge in [-0.1, -0.05) is 56.2 Å². The Kier molecular flexibility index (Phi) is 3.42. The van der Waals surface area contributed by atoms with Gasteiger partial charge in [-0.25, -0.2) is 0 Å². The highest BCUT2D eigenvalue weighted by atomic mass is 14.6. The topological polar surface area (TPSA) is 0 Å². The molecule has 0 heterocycles. The molecule has 2 rings (SSSR count). The molecule has 0 aromatic heterocycles. The molecule has 1 aromatic carbocycles. The van der Waals surface area contributed by atoms with Crippen LogP contribution in [0.2, 0.25) is 0 Å². The van der Waals surface area contributed by atoms with Crippen LogP contribution in [0.3, 0.4) is 0 Å². The average Bonchev–Trinajstić information content (AvgIpc) is 3.07. The van der Waals surface area contributed by atoms with E-state index in [9.17, 15) is 0 Å². The van der Waals surface area contributed by atoms with Gasteiger partial charge >= 0.3 is 0 Å². The third kappa shape index (κ3) is 2.18. The lowest BCUT2D eigenvalue weighted by Gasteiger charge is -2.16. The number of aryl methyl sites for hydroxylation is 1. The molecular formula is C17H24. The Bertz CT molecular complexity index is 427. The van der Waals surface area contributed by atoms with Crippen LogP contribution < -0.4 is 0 Å². The molecule has 0 amide bonds. The van der Waals surface area contributed by atoms with E-state index >= 15 is 0 Å². The van der Waals surface area contributed by atoms with Crippen LogP contribution in [0.5, 0.6) is 0 Å². The Hall–Kier alpha value is -1.04. The van der Waals surface area contributed by atoms with Crippen molar-refractivity contribution in [2.24, 2.45) is 11.3 Å². The highest BCUT2D eigenvalue weighted by Crippen LogP contribution is 2.61. The fraction of sp³-hybridized carbons (Fsp3) is 0.529. The quantitative estimate of drug-likeness (QED) is 0.662. The van der Waals surface area contributed by atoms with Gasteiger partial charge in [-0.3, -0.25) is 0 Å². The monoisotopic (exact) mass is 228 g/mol. The van der Waals surface area contributed by atoms with E-state index in [1.54, 1.807) is 5.57 Å². The second-order valence-corrected chi connectivity index (χ2v) is 5.50. The van der Waals surface area contributed by atoms with E-state index in [-0.39, 0.29) is 0 Å². The van der Waals surface area contributed by atoms with Crippen molar-refractivity contribution in [1.29, 1.82) is 0 Å². The van der Waals surface area contributed by atoms with Crippen molar-refractivity contribution >= 4 is 6.08 Å². The molecule has 2 atom stereocenters. The first kappa shape index (κ1) is 12.4. The Morgan fingerprint density at radius 3 is 2.59 bits per heavy atom. The number of hydrogen-bond acceptors (Lipinski definition) is 0. The van der Waals surface area contributed by atoms with Gasteiger partial charge in [-0.05, 0) is 49.1 Å². The first-order valence-electron chi connectivity index (χ1n) is 6.88. The number of rotatable bonds is 4. The van der Waals surface area contributed by atoms with Crippen molar-refractivity contribution in [1.82, 2.24) is 0 Å². The van der Waals surface area contributed by atoms with Gasteiger partial charge < -0.3 is 0 Å². The first-order chi connectivity index (χ1) is 8.14. The molecule has 0 heteroatoms. The summed E-state index contributed by atoms with van der Waals surface area (Å²) in [5.74, 6) is 0.924. The van der Waals surface area contributed by atoms with Crippen LogP contribution in [0, 0.1) is 18.3 Å². The molecule has 0 aliphatic heterocycles. The van der Waals surface area contributed by atoms with Crippen molar-refractivity contribution in [3.63, 3.8) is 0 Å². The van der Waals surface area contributed by atoms with E-state index in [1.165, 1.54) is 30.4 Å². The van der Waals surface area contributed by atoms with E-state index in [0.29, 0.717) is 5.41 Å². The smallest absolute Gasteiger partial charge is 0.00587 e. The van der Waals surface area contributed by atoms with Crippen LogP contribution in [0.4, 0.5) is 0 Å². The Morgan fingerprint density at radius 2 is 2.06 bits per heavy atom. The van der Waals surface area contributed by atoms with Crippen LogP contribution in [0.1, 0.15) is 51.2 Å². The summed E-state index contributed by atoms with van der Waals surface area (Å²) in [6, 6.07) is 8.67. The zero-order valence-electron chi connectivity index (χ0n) is 11.6. The molecular weight excluding hydrogens is 204 g/mol. The fourth-order valence-electron chi connectivity index (χ4n) is 3.24. The lowest BCUT2D eigenvalue weighted by atomic mass is 9.88. The number of benzene rings is 1. The summed E-state index contributed by atoms with van der Waals surface area (Å²) < 4.78 is 0.